The third-order valence-electron chi connectivity index (χ3n) is 4.81. The van der Waals surface area contributed by atoms with Crippen LogP contribution in [0.2, 0.25) is 0 Å². The summed E-state index contributed by atoms with van der Waals surface area (Å²) in [6.45, 7) is 10.2. The van der Waals surface area contributed by atoms with Gasteiger partial charge in [-0.05, 0) is 38.0 Å². The van der Waals surface area contributed by atoms with E-state index >= 15 is 0 Å². The Labute approximate surface area is 127 Å². The zero-order valence-corrected chi connectivity index (χ0v) is 14.0. The Morgan fingerprint density at radius 3 is 2.38 bits per heavy atom. The Morgan fingerprint density at radius 1 is 1.38 bits per heavy atom. The minimum absolute atomic E-state index is 0.0149. The fraction of sp³-hybridized carbons (Fsp3) is 0.875. The van der Waals surface area contributed by atoms with Crippen molar-refractivity contribution in [1.29, 1.82) is 0 Å². The second kappa shape index (κ2) is 5.27. The smallest absolute Gasteiger partial charge is 0.246 e. The number of hydrogen-bond acceptors (Lipinski definition) is 3. The van der Waals surface area contributed by atoms with E-state index in [2.05, 4.69) is 5.32 Å². The summed E-state index contributed by atoms with van der Waals surface area (Å²) < 4.78 is 5.23. The maximum absolute atomic E-state index is 13.0. The maximum Gasteiger partial charge on any atom is 0.246 e. The van der Waals surface area contributed by atoms with Gasteiger partial charge in [-0.3, -0.25) is 9.59 Å². The summed E-state index contributed by atoms with van der Waals surface area (Å²) in [4.78, 5) is 27.6. The Morgan fingerprint density at radius 2 is 1.95 bits per heavy atom. The minimum atomic E-state index is -0.739. The van der Waals surface area contributed by atoms with Gasteiger partial charge < -0.3 is 15.0 Å². The van der Waals surface area contributed by atoms with E-state index in [-0.39, 0.29) is 29.2 Å². The number of rotatable bonds is 4. The van der Waals surface area contributed by atoms with Gasteiger partial charge in [0.25, 0.3) is 0 Å². The molecule has 0 bridgehead atoms. The fourth-order valence-corrected chi connectivity index (χ4v) is 3.42. The van der Waals surface area contributed by atoms with Gasteiger partial charge >= 0.3 is 0 Å². The van der Waals surface area contributed by atoms with E-state index in [1.165, 1.54) is 0 Å². The van der Waals surface area contributed by atoms with E-state index < -0.39 is 11.6 Å². The number of ether oxygens (including phenoxy) is 1. The lowest BCUT2D eigenvalue weighted by Crippen LogP contribution is -2.74. The SMILES string of the molecule is COCC(C)N1C(=O)C(C(C)(C)C)NC(=O)C1(C)C1CC1. The molecule has 21 heavy (non-hydrogen) atoms. The average Bonchev–Trinajstić information content (AvgIpc) is 3.17. The molecule has 0 aromatic heterocycles. The Balaban J connectivity index is 2.39. The number of carbonyl (C=O) groups is 2. The average molecular weight is 296 g/mol. The maximum atomic E-state index is 13.0. The normalized spacial score (nSPS) is 32.1. The van der Waals surface area contributed by atoms with Crippen LogP contribution in [0.5, 0.6) is 0 Å². The van der Waals surface area contributed by atoms with Crippen LogP contribution in [0.15, 0.2) is 0 Å². The molecule has 2 aliphatic rings. The highest BCUT2D eigenvalue weighted by Crippen LogP contribution is 2.46. The van der Waals surface area contributed by atoms with Gasteiger partial charge in [0.05, 0.1) is 12.6 Å². The van der Waals surface area contributed by atoms with Crippen LogP contribution in [-0.4, -0.2) is 48.1 Å². The Hall–Kier alpha value is -1.10. The van der Waals surface area contributed by atoms with Crippen LogP contribution in [0.3, 0.4) is 0 Å². The molecule has 0 spiro atoms. The molecule has 2 fully saturated rings. The Bertz CT molecular complexity index is 439. The lowest BCUT2D eigenvalue weighted by molar-refractivity contribution is -0.165. The van der Waals surface area contributed by atoms with Crippen molar-refractivity contribution in [2.75, 3.05) is 13.7 Å². The number of piperazine rings is 1. The molecule has 3 atom stereocenters. The van der Waals surface area contributed by atoms with Gasteiger partial charge in [0.15, 0.2) is 0 Å². The molecule has 1 saturated heterocycles. The zero-order valence-electron chi connectivity index (χ0n) is 14.0. The van der Waals surface area contributed by atoms with Crippen LogP contribution in [-0.2, 0) is 14.3 Å². The van der Waals surface area contributed by atoms with Crippen LogP contribution in [0.4, 0.5) is 0 Å². The van der Waals surface area contributed by atoms with Crippen LogP contribution in [0.25, 0.3) is 0 Å². The summed E-state index contributed by atoms with van der Waals surface area (Å²) in [7, 11) is 1.63. The summed E-state index contributed by atoms with van der Waals surface area (Å²) in [5.74, 6) is 0.259. The van der Waals surface area contributed by atoms with Crippen molar-refractivity contribution >= 4 is 11.8 Å². The van der Waals surface area contributed by atoms with Crippen molar-refractivity contribution in [1.82, 2.24) is 10.2 Å². The van der Waals surface area contributed by atoms with Crippen molar-refractivity contribution < 1.29 is 14.3 Å². The molecule has 5 heteroatoms. The van der Waals surface area contributed by atoms with E-state index in [0.717, 1.165) is 12.8 Å². The van der Waals surface area contributed by atoms with Crippen molar-refractivity contribution in [3.8, 4) is 0 Å². The van der Waals surface area contributed by atoms with E-state index in [0.29, 0.717) is 6.61 Å². The molecule has 2 amide bonds. The van der Waals surface area contributed by atoms with Crippen LogP contribution in [0, 0.1) is 11.3 Å². The van der Waals surface area contributed by atoms with E-state index in [1.807, 2.05) is 34.6 Å². The summed E-state index contributed by atoms with van der Waals surface area (Å²) in [5.41, 5.74) is -1.04. The summed E-state index contributed by atoms with van der Waals surface area (Å²) in [6, 6.07) is -0.583. The quantitative estimate of drug-likeness (QED) is 0.856. The van der Waals surface area contributed by atoms with Gasteiger partial charge in [0.1, 0.15) is 11.6 Å². The standard InChI is InChI=1S/C16H28N2O3/c1-10(9-21-6)18-13(19)12(15(2,3)4)17-14(20)16(18,5)11-7-8-11/h10-12H,7-9H2,1-6H3,(H,17,20). The second-order valence-electron chi connectivity index (χ2n) is 7.71. The van der Waals surface area contributed by atoms with Gasteiger partial charge in [-0.15, -0.1) is 0 Å². The summed E-state index contributed by atoms with van der Waals surface area (Å²) in [5, 5.41) is 2.97. The monoisotopic (exact) mass is 296 g/mol. The number of hydrogen-bond donors (Lipinski definition) is 1. The molecule has 1 N–H and O–H groups in total. The summed E-state index contributed by atoms with van der Waals surface area (Å²) >= 11 is 0. The largest absolute Gasteiger partial charge is 0.383 e. The van der Waals surface area contributed by atoms with Gasteiger partial charge in [0.2, 0.25) is 11.8 Å². The van der Waals surface area contributed by atoms with Crippen molar-refractivity contribution in [2.24, 2.45) is 11.3 Å². The van der Waals surface area contributed by atoms with E-state index in [9.17, 15) is 9.59 Å². The third kappa shape index (κ3) is 2.68. The number of nitrogens with one attached hydrogen (secondary N) is 1. The van der Waals surface area contributed by atoms with Crippen molar-refractivity contribution in [2.45, 2.75) is 65.1 Å². The number of amides is 2. The molecule has 1 saturated carbocycles. The predicted molar refractivity (Wildman–Crippen MR) is 80.7 cm³/mol. The van der Waals surface area contributed by atoms with Gasteiger partial charge in [-0.25, -0.2) is 0 Å². The highest BCUT2D eigenvalue weighted by atomic mass is 16.5. The molecule has 0 radical (unpaired) electrons. The topological polar surface area (TPSA) is 58.6 Å². The molecular weight excluding hydrogens is 268 g/mol. The van der Waals surface area contributed by atoms with Gasteiger partial charge in [-0.1, -0.05) is 20.8 Å². The first-order valence-corrected chi connectivity index (χ1v) is 7.77. The zero-order chi connectivity index (χ0) is 16.0. The lowest BCUT2D eigenvalue weighted by Gasteiger charge is -2.51. The molecule has 3 unspecified atom stereocenters. The van der Waals surface area contributed by atoms with Gasteiger partial charge in [-0.2, -0.15) is 0 Å². The highest BCUT2D eigenvalue weighted by molar-refractivity contribution is 6.00. The number of carbonyl (C=O) groups excluding carboxylic acids is 2. The van der Waals surface area contributed by atoms with E-state index in [1.54, 1.807) is 12.0 Å². The summed E-state index contributed by atoms with van der Waals surface area (Å²) in [6.07, 6.45) is 2.02. The number of nitrogens with zero attached hydrogens (tertiary/aromatic N) is 1. The molecule has 2 rings (SSSR count). The fourth-order valence-electron chi connectivity index (χ4n) is 3.42. The van der Waals surface area contributed by atoms with Crippen molar-refractivity contribution in [3.63, 3.8) is 0 Å². The molecule has 0 aromatic rings. The van der Waals surface area contributed by atoms with Crippen molar-refractivity contribution in [3.05, 3.63) is 0 Å². The first-order chi connectivity index (χ1) is 9.64. The third-order valence-corrected chi connectivity index (χ3v) is 4.81. The molecule has 120 valence electrons. The van der Waals surface area contributed by atoms with Crippen LogP contribution in [0.1, 0.15) is 47.5 Å². The predicted octanol–water partition coefficient (Wildman–Crippen LogP) is 1.56. The molecule has 0 aromatic carbocycles. The Kier molecular flexibility index (Phi) is 4.08. The van der Waals surface area contributed by atoms with Crippen LogP contribution < -0.4 is 5.32 Å². The minimum Gasteiger partial charge on any atom is -0.383 e. The molecular formula is C16H28N2O3. The molecule has 1 aliphatic heterocycles. The van der Waals surface area contributed by atoms with Crippen LogP contribution >= 0.6 is 0 Å². The molecule has 1 aliphatic carbocycles. The lowest BCUT2D eigenvalue weighted by atomic mass is 9.79. The first-order valence-electron chi connectivity index (χ1n) is 7.77. The highest BCUT2D eigenvalue weighted by Gasteiger charge is 2.59. The van der Waals surface area contributed by atoms with Gasteiger partial charge in [0, 0.05) is 7.11 Å². The number of methoxy groups -OCH3 is 1. The first kappa shape index (κ1) is 16.3. The van der Waals surface area contributed by atoms with E-state index in [4.69, 9.17) is 4.74 Å². The molecule has 1 heterocycles. The molecule has 5 nitrogen and oxygen atoms in total. The second-order valence-corrected chi connectivity index (χ2v) is 7.71.